The Morgan fingerprint density at radius 2 is 1.66 bits per heavy atom. The van der Waals surface area contributed by atoms with Crippen LogP contribution in [0.25, 0.3) is 11.1 Å². The average Bonchev–Trinajstić information content (AvgIpc) is 2.76. The molecule has 0 aliphatic carbocycles. The van der Waals surface area contributed by atoms with Crippen LogP contribution < -0.4 is 21.2 Å². The number of halogens is 3. The molecule has 3 rings (SSSR count). The highest BCUT2D eigenvalue weighted by Crippen LogP contribution is 2.31. The molecule has 0 amide bonds. The summed E-state index contributed by atoms with van der Waals surface area (Å²) in [6.07, 6.45) is 0. The van der Waals surface area contributed by atoms with E-state index in [1.165, 1.54) is 37.4 Å². The maximum Gasteiger partial charge on any atom is 0.194 e. The summed E-state index contributed by atoms with van der Waals surface area (Å²) in [6.45, 7) is 4.21. The quantitative estimate of drug-likeness (QED) is 0.520. The number of methoxy groups -OCH3 is 1. The van der Waals surface area contributed by atoms with Crippen molar-refractivity contribution in [2.75, 3.05) is 20.2 Å². The maximum absolute atomic E-state index is 15.1. The van der Waals surface area contributed by atoms with E-state index in [4.69, 9.17) is 10.5 Å². The second kappa shape index (κ2) is 10.0. The van der Waals surface area contributed by atoms with Crippen LogP contribution in [0, 0.1) is 31.3 Å². The summed E-state index contributed by atoms with van der Waals surface area (Å²) in [4.78, 5) is 13.5. The van der Waals surface area contributed by atoms with Gasteiger partial charge in [0, 0.05) is 47.7 Å². The Balaban J connectivity index is 2.29. The monoisotopic (exact) mass is 445 g/mol. The molecule has 0 bridgehead atoms. The topological polar surface area (TPSA) is 69.3 Å². The third-order valence-corrected chi connectivity index (χ3v) is 5.56. The van der Waals surface area contributed by atoms with Crippen molar-refractivity contribution in [2.24, 2.45) is 5.73 Å². The van der Waals surface area contributed by atoms with Gasteiger partial charge in [-0.25, -0.2) is 13.2 Å². The Morgan fingerprint density at radius 3 is 2.28 bits per heavy atom. The Kier molecular flexibility index (Phi) is 7.37. The Bertz CT molecular complexity index is 1170. The smallest absolute Gasteiger partial charge is 0.194 e. The molecule has 32 heavy (non-hydrogen) atoms. The van der Waals surface area contributed by atoms with Gasteiger partial charge in [-0.05, 0) is 32.0 Å². The second-order valence-corrected chi connectivity index (χ2v) is 7.43. The van der Waals surface area contributed by atoms with Crippen LogP contribution in [0.5, 0.6) is 5.75 Å². The molecule has 8 heteroatoms. The number of nitrogens with one attached hydrogen (secondary N) is 1. The molecule has 3 N–H and O–H groups in total. The van der Waals surface area contributed by atoms with Crippen LogP contribution in [-0.4, -0.2) is 24.8 Å². The molecule has 1 aromatic heterocycles. The molecule has 170 valence electrons. The van der Waals surface area contributed by atoms with Crippen LogP contribution in [0.15, 0.2) is 41.2 Å². The molecule has 0 saturated carbocycles. The predicted molar refractivity (Wildman–Crippen MR) is 118 cm³/mol. The zero-order valence-corrected chi connectivity index (χ0v) is 18.3. The first kappa shape index (κ1) is 23.6. The van der Waals surface area contributed by atoms with Crippen molar-refractivity contribution >= 4 is 0 Å². The lowest BCUT2D eigenvalue weighted by atomic mass is 9.98. The van der Waals surface area contributed by atoms with E-state index in [2.05, 4.69) is 5.32 Å². The zero-order valence-electron chi connectivity index (χ0n) is 18.3. The van der Waals surface area contributed by atoms with E-state index in [0.29, 0.717) is 30.0 Å². The molecule has 0 fully saturated rings. The number of nitrogens with two attached hydrogens (primary N) is 1. The number of aromatic nitrogens is 1. The van der Waals surface area contributed by atoms with Gasteiger partial charge in [0.1, 0.15) is 11.6 Å². The molecular formula is C24H26F3N3O2. The highest BCUT2D eigenvalue weighted by Gasteiger charge is 2.23. The van der Waals surface area contributed by atoms with Gasteiger partial charge >= 0.3 is 0 Å². The first-order valence-corrected chi connectivity index (χ1v) is 10.2. The van der Waals surface area contributed by atoms with Crippen LogP contribution in [0.4, 0.5) is 13.2 Å². The first-order chi connectivity index (χ1) is 15.3. The molecule has 3 aromatic rings. The number of benzene rings is 2. The number of pyridine rings is 1. The standard InChI is InChI=1S/C24H26F3N3O2/c1-14-17(12-29-11-10-28)24(31)22(16-6-4-9-21(32-3)23(16)27)15(2)30(14)13-18-19(25)7-5-8-20(18)26/h4-9,29H,10-13,28H2,1-3H3. The minimum atomic E-state index is -0.695. The van der Waals surface area contributed by atoms with Gasteiger partial charge in [0.15, 0.2) is 17.0 Å². The zero-order chi connectivity index (χ0) is 23.4. The summed E-state index contributed by atoms with van der Waals surface area (Å²) in [6, 6.07) is 8.18. The maximum atomic E-state index is 15.1. The minimum absolute atomic E-state index is 0.00335. The van der Waals surface area contributed by atoms with Crippen molar-refractivity contribution < 1.29 is 17.9 Å². The summed E-state index contributed by atoms with van der Waals surface area (Å²) < 4.78 is 50.6. The second-order valence-electron chi connectivity index (χ2n) is 7.43. The van der Waals surface area contributed by atoms with Crippen molar-refractivity contribution in [3.05, 3.63) is 86.6 Å². The fraction of sp³-hybridized carbons (Fsp3) is 0.292. The molecule has 0 unspecified atom stereocenters. The lowest BCUT2D eigenvalue weighted by Crippen LogP contribution is -2.29. The van der Waals surface area contributed by atoms with E-state index < -0.39 is 17.5 Å². The van der Waals surface area contributed by atoms with Crippen molar-refractivity contribution in [2.45, 2.75) is 26.9 Å². The van der Waals surface area contributed by atoms with Crippen LogP contribution in [-0.2, 0) is 13.1 Å². The van der Waals surface area contributed by atoms with E-state index in [-0.39, 0.29) is 41.0 Å². The van der Waals surface area contributed by atoms with E-state index in [0.717, 1.165) is 0 Å². The summed E-state index contributed by atoms with van der Waals surface area (Å²) in [7, 11) is 1.34. The average molecular weight is 445 g/mol. The van der Waals surface area contributed by atoms with Crippen LogP contribution >= 0.6 is 0 Å². The summed E-state index contributed by atoms with van der Waals surface area (Å²) in [5.74, 6) is -2.07. The van der Waals surface area contributed by atoms with Gasteiger partial charge in [-0.3, -0.25) is 4.79 Å². The van der Waals surface area contributed by atoms with Gasteiger partial charge in [0.2, 0.25) is 0 Å². The Labute approximate surface area is 184 Å². The Hall–Kier alpha value is -3.10. The van der Waals surface area contributed by atoms with Gasteiger partial charge in [0.05, 0.1) is 19.2 Å². The molecule has 0 radical (unpaired) electrons. The number of hydrogen-bond donors (Lipinski definition) is 2. The summed E-state index contributed by atoms with van der Waals surface area (Å²) in [5, 5.41) is 3.08. The van der Waals surface area contributed by atoms with E-state index in [9.17, 15) is 13.6 Å². The van der Waals surface area contributed by atoms with Crippen molar-refractivity contribution in [1.29, 1.82) is 0 Å². The van der Waals surface area contributed by atoms with Gasteiger partial charge in [-0.1, -0.05) is 18.2 Å². The number of hydrogen-bond acceptors (Lipinski definition) is 4. The SMILES string of the molecule is COc1cccc(-c2c(C)n(Cc3c(F)cccc3F)c(C)c(CNCCN)c2=O)c1F. The van der Waals surface area contributed by atoms with E-state index in [1.54, 1.807) is 24.5 Å². The van der Waals surface area contributed by atoms with Gasteiger partial charge in [-0.2, -0.15) is 0 Å². The summed E-state index contributed by atoms with van der Waals surface area (Å²) in [5.41, 5.74) is 6.52. The lowest BCUT2D eigenvalue weighted by Gasteiger charge is -2.22. The molecule has 1 heterocycles. The fourth-order valence-electron chi connectivity index (χ4n) is 3.81. The normalized spacial score (nSPS) is 11.1. The summed E-state index contributed by atoms with van der Waals surface area (Å²) >= 11 is 0. The van der Waals surface area contributed by atoms with Gasteiger partial charge in [0.25, 0.3) is 0 Å². The van der Waals surface area contributed by atoms with Crippen molar-refractivity contribution in [1.82, 2.24) is 9.88 Å². The number of ether oxygens (including phenoxy) is 1. The number of nitrogens with zero attached hydrogens (tertiary/aromatic N) is 1. The molecular weight excluding hydrogens is 419 g/mol. The molecule has 2 aromatic carbocycles. The van der Waals surface area contributed by atoms with E-state index in [1.807, 2.05) is 0 Å². The predicted octanol–water partition coefficient (Wildman–Crippen LogP) is 3.65. The fourth-order valence-corrected chi connectivity index (χ4v) is 3.81. The van der Waals surface area contributed by atoms with Crippen LogP contribution in [0.1, 0.15) is 22.5 Å². The highest BCUT2D eigenvalue weighted by atomic mass is 19.1. The minimum Gasteiger partial charge on any atom is -0.494 e. The molecule has 0 saturated heterocycles. The van der Waals surface area contributed by atoms with Gasteiger partial charge in [-0.15, -0.1) is 0 Å². The van der Waals surface area contributed by atoms with Crippen molar-refractivity contribution in [3.63, 3.8) is 0 Å². The van der Waals surface area contributed by atoms with E-state index >= 15 is 4.39 Å². The molecule has 0 aliphatic heterocycles. The van der Waals surface area contributed by atoms with Gasteiger partial charge < -0.3 is 20.4 Å². The van der Waals surface area contributed by atoms with Crippen LogP contribution in [0.2, 0.25) is 0 Å². The molecule has 0 aliphatic rings. The lowest BCUT2D eigenvalue weighted by molar-refractivity contribution is 0.387. The molecule has 5 nitrogen and oxygen atoms in total. The van der Waals surface area contributed by atoms with Crippen LogP contribution in [0.3, 0.4) is 0 Å². The Morgan fingerprint density at radius 1 is 1.00 bits per heavy atom. The largest absolute Gasteiger partial charge is 0.494 e. The molecule has 0 atom stereocenters. The van der Waals surface area contributed by atoms with Crippen molar-refractivity contribution in [3.8, 4) is 16.9 Å². The third-order valence-electron chi connectivity index (χ3n) is 5.56. The highest BCUT2D eigenvalue weighted by molar-refractivity contribution is 5.69. The number of rotatable bonds is 8. The first-order valence-electron chi connectivity index (χ1n) is 10.2. The third kappa shape index (κ3) is 4.42. The molecule has 0 spiro atoms.